The van der Waals surface area contributed by atoms with E-state index >= 15 is 0 Å². The zero-order chi connectivity index (χ0) is 20.0. The lowest BCUT2D eigenvalue weighted by atomic mass is 9.65. The van der Waals surface area contributed by atoms with E-state index in [-0.39, 0.29) is 30.3 Å². The van der Waals surface area contributed by atoms with Crippen molar-refractivity contribution in [3.63, 3.8) is 0 Å². The molecular formula is C24H25NO4. The maximum Gasteiger partial charge on any atom is 0.338 e. The van der Waals surface area contributed by atoms with E-state index in [0.717, 1.165) is 12.0 Å². The molecule has 5 aliphatic rings. The van der Waals surface area contributed by atoms with Gasteiger partial charge in [-0.05, 0) is 79.9 Å². The third kappa shape index (κ3) is 2.08. The summed E-state index contributed by atoms with van der Waals surface area (Å²) in [6, 6.07) is 5.14. The number of nitrogens with zero attached hydrogens (tertiary/aromatic N) is 1. The smallest absolute Gasteiger partial charge is 0.338 e. The van der Waals surface area contributed by atoms with Crippen LogP contribution >= 0.6 is 0 Å². The summed E-state index contributed by atoms with van der Waals surface area (Å²) in [5.41, 5.74) is 1.76. The van der Waals surface area contributed by atoms with Gasteiger partial charge in [-0.3, -0.25) is 9.59 Å². The summed E-state index contributed by atoms with van der Waals surface area (Å²) < 4.78 is 5.10. The quantitative estimate of drug-likeness (QED) is 0.343. The second-order valence-electron chi connectivity index (χ2n) is 9.45. The summed E-state index contributed by atoms with van der Waals surface area (Å²) in [5, 5.41) is 0. The lowest BCUT2D eigenvalue weighted by Gasteiger charge is -2.36. The van der Waals surface area contributed by atoms with Crippen molar-refractivity contribution in [3.8, 4) is 0 Å². The number of hydrogen-bond donors (Lipinski definition) is 0. The number of anilines is 1. The SMILES string of the molecule is CCOC(=O)c1ccc(C)c(N2C(=O)C3C4CC(C3C2=O)C2C3C=CC(C3)C42)c1. The van der Waals surface area contributed by atoms with Gasteiger partial charge in [-0.2, -0.15) is 0 Å². The Labute approximate surface area is 170 Å². The van der Waals surface area contributed by atoms with Gasteiger partial charge in [-0.1, -0.05) is 18.2 Å². The van der Waals surface area contributed by atoms with E-state index in [0.29, 0.717) is 46.8 Å². The Bertz CT molecular complexity index is 939. The van der Waals surface area contributed by atoms with Crippen LogP contribution in [0, 0.1) is 54.3 Å². The molecule has 1 aromatic carbocycles. The molecule has 4 aliphatic carbocycles. The number of benzene rings is 1. The van der Waals surface area contributed by atoms with Gasteiger partial charge in [-0.15, -0.1) is 0 Å². The summed E-state index contributed by atoms with van der Waals surface area (Å²) >= 11 is 0. The van der Waals surface area contributed by atoms with Gasteiger partial charge in [0.2, 0.25) is 11.8 Å². The lowest BCUT2D eigenvalue weighted by molar-refractivity contribution is -0.123. The van der Waals surface area contributed by atoms with Crippen LogP contribution in [0.4, 0.5) is 5.69 Å². The van der Waals surface area contributed by atoms with Gasteiger partial charge < -0.3 is 4.74 Å². The Morgan fingerprint density at radius 2 is 1.66 bits per heavy atom. The van der Waals surface area contributed by atoms with Crippen molar-refractivity contribution in [1.29, 1.82) is 0 Å². The average molecular weight is 391 g/mol. The molecule has 8 unspecified atom stereocenters. The van der Waals surface area contributed by atoms with Crippen molar-refractivity contribution >= 4 is 23.5 Å². The molecule has 150 valence electrons. The minimum atomic E-state index is -0.426. The Kier molecular flexibility index (Phi) is 3.49. The summed E-state index contributed by atoms with van der Waals surface area (Å²) in [6.45, 7) is 3.93. The molecule has 4 fully saturated rings. The average Bonchev–Trinajstić information content (AvgIpc) is 3.49. The molecule has 1 saturated heterocycles. The van der Waals surface area contributed by atoms with Crippen LogP contribution in [0.3, 0.4) is 0 Å². The minimum Gasteiger partial charge on any atom is -0.462 e. The highest BCUT2D eigenvalue weighted by Gasteiger charge is 2.71. The first-order chi connectivity index (χ1) is 14.0. The number of esters is 1. The van der Waals surface area contributed by atoms with Crippen LogP contribution in [0.2, 0.25) is 0 Å². The van der Waals surface area contributed by atoms with Crippen LogP contribution in [0.25, 0.3) is 0 Å². The fourth-order valence-corrected chi connectivity index (χ4v) is 7.55. The van der Waals surface area contributed by atoms with Crippen molar-refractivity contribution in [3.05, 3.63) is 41.5 Å². The molecule has 0 spiro atoms. The zero-order valence-corrected chi connectivity index (χ0v) is 16.7. The second-order valence-corrected chi connectivity index (χ2v) is 9.45. The molecule has 0 aromatic heterocycles. The third-order valence-corrected chi connectivity index (χ3v) is 8.40. The summed E-state index contributed by atoms with van der Waals surface area (Å²) in [5.74, 6) is 2.17. The number of fused-ring (bicyclic) bond motifs is 12. The summed E-state index contributed by atoms with van der Waals surface area (Å²) in [7, 11) is 0. The highest BCUT2D eigenvalue weighted by molar-refractivity contribution is 6.23. The van der Waals surface area contributed by atoms with Gasteiger partial charge in [-0.25, -0.2) is 9.69 Å². The molecular weight excluding hydrogens is 366 g/mol. The predicted octanol–water partition coefficient (Wildman–Crippen LogP) is 3.37. The number of carbonyl (C=O) groups excluding carboxylic acids is 3. The number of hydrogen-bond acceptors (Lipinski definition) is 4. The van der Waals surface area contributed by atoms with Crippen molar-refractivity contribution in [2.75, 3.05) is 11.5 Å². The van der Waals surface area contributed by atoms with Gasteiger partial charge in [0.05, 0.1) is 29.7 Å². The molecule has 0 N–H and O–H groups in total. The van der Waals surface area contributed by atoms with E-state index in [9.17, 15) is 14.4 Å². The van der Waals surface area contributed by atoms with E-state index in [1.807, 2.05) is 6.92 Å². The van der Waals surface area contributed by atoms with Crippen molar-refractivity contribution in [2.24, 2.45) is 47.3 Å². The maximum atomic E-state index is 13.5. The van der Waals surface area contributed by atoms with Crippen LogP contribution in [0.1, 0.15) is 35.7 Å². The fourth-order valence-electron chi connectivity index (χ4n) is 7.55. The zero-order valence-electron chi connectivity index (χ0n) is 16.7. The Balaban J connectivity index is 1.37. The van der Waals surface area contributed by atoms with E-state index in [1.165, 1.54) is 11.3 Å². The van der Waals surface area contributed by atoms with Gasteiger partial charge in [0.25, 0.3) is 0 Å². The Morgan fingerprint density at radius 1 is 1.03 bits per heavy atom. The Hall–Kier alpha value is -2.43. The number of imide groups is 1. The number of ether oxygens (including phenoxy) is 1. The number of rotatable bonds is 3. The third-order valence-electron chi connectivity index (χ3n) is 8.40. The molecule has 5 nitrogen and oxygen atoms in total. The molecule has 6 rings (SSSR count). The van der Waals surface area contributed by atoms with E-state index in [1.54, 1.807) is 25.1 Å². The van der Waals surface area contributed by atoms with E-state index < -0.39 is 5.97 Å². The van der Waals surface area contributed by atoms with Gasteiger partial charge in [0, 0.05) is 0 Å². The number of amides is 2. The first kappa shape index (κ1) is 17.4. The molecule has 29 heavy (non-hydrogen) atoms. The van der Waals surface area contributed by atoms with E-state index in [4.69, 9.17) is 4.74 Å². The van der Waals surface area contributed by atoms with Crippen LogP contribution in [-0.2, 0) is 14.3 Å². The molecule has 5 heteroatoms. The van der Waals surface area contributed by atoms with Crippen LogP contribution in [0.15, 0.2) is 30.4 Å². The molecule has 1 aliphatic heterocycles. The summed E-state index contributed by atoms with van der Waals surface area (Å²) in [6.07, 6.45) is 6.96. The molecule has 1 heterocycles. The van der Waals surface area contributed by atoms with Crippen molar-refractivity contribution in [1.82, 2.24) is 0 Å². The molecule has 0 radical (unpaired) electrons. The highest BCUT2D eigenvalue weighted by atomic mass is 16.5. The normalized spacial score (nSPS) is 40.7. The molecule has 2 amide bonds. The predicted molar refractivity (Wildman–Crippen MR) is 106 cm³/mol. The van der Waals surface area contributed by atoms with Gasteiger partial charge >= 0.3 is 5.97 Å². The van der Waals surface area contributed by atoms with Crippen LogP contribution in [0.5, 0.6) is 0 Å². The lowest BCUT2D eigenvalue weighted by Crippen LogP contribution is -2.38. The first-order valence-electron chi connectivity index (χ1n) is 10.8. The molecule has 8 atom stereocenters. The van der Waals surface area contributed by atoms with Crippen LogP contribution < -0.4 is 4.90 Å². The maximum absolute atomic E-state index is 13.5. The minimum absolute atomic E-state index is 0.0539. The van der Waals surface area contributed by atoms with Crippen molar-refractivity contribution in [2.45, 2.75) is 26.7 Å². The number of allylic oxidation sites excluding steroid dienone is 2. The number of aryl methyl sites for hydroxylation is 1. The van der Waals surface area contributed by atoms with Crippen LogP contribution in [-0.4, -0.2) is 24.4 Å². The topological polar surface area (TPSA) is 63.7 Å². The largest absolute Gasteiger partial charge is 0.462 e. The standard InChI is InChI=1S/C24H25NO4/c1-3-29-24(28)14-5-4-11(2)17(9-14)25-22(26)20-15-10-16(21(20)23(25)27)19-13-7-6-12(8-13)18(15)19/h4-7,9,12-13,15-16,18-21H,3,8,10H2,1-2H3. The first-order valence-corrected chi connectivity index (χ1v) is 10.8. The molecule has 4 bridgehead atoms. The Morgan fingerprint density at radius 3 is 2.24 bits per heavy atom. The fraction of sp³-hybridized carbons (Fsp3) is 0.542. The summed E-state index contributed by atoms with van der Waals surface area (Å²) in [4.78, 5) is 40.6. The monoisotopic (exact) mass is 391 g/mol. The number of carbonyl (C=O) groups is 3. The molecule has 3 saturated carbocycles. The molecule has 1 aromatic rings. The highest BCUT2D eigenvalue weighted by Crippen LogP contribution is 2.70. The second kappa shape index (κ2) is 5.80. The van der Waals surface area contributed by atoms with Gasteiger partial charge in [0.1, 0.15) is 0 Å². The van der Waals surface area contributed by atoms with Crippen molar-refractivity contribution < 1.29 is 19.1 Å². The van der Waals surface area contributed by atoms with E-state index in [2.05, 4.69) is 12.2 Å². The van der Waals surface area contributed by atoms with Gasteiger partial charge in [0.15, 0.2) is 0 Å².